The Morgan fingerprint density at radius 1 is 0.840 bits per heavy atom. The number of allylic oxidation sites excluding steroid dienone is 2. The second-order valence-electron chi connectivity index (χ2n) is 7.17. The number of nitrogens with one attached hydrogen (secondary N) is 1. The van der Waals surface area contributed by atoms with Crippen LogP contribution in [0.1, 0.15) is 64.5 Å². The van der Waals surface area contributed by atoms with E-state index in [2.05, 4.69) is 83.3 Å². The molecular weight excluding hydrogens is 304 g/mol. The van der Waals surface area contributed by atoms with E-state index in [1.807, 2.05) is 18.2 Å². The maximum atomic E-state index is 4.98. The molecule has 2 nitrogen and oxygen atoms in total. The Kier molecular flexibility index (Phi) is 6.58. The summed E-state index contributed by atoms with van der Waals surface area (Å²) in [6.07, 6.45) is 2.11. The molecule has 0 aliphatic rings. The Morgan fingerprint density at radius 3 is 1.92 bits per heavy atom. The Balaban J connectivity index is 2.34. The largest absolute Gasteiger partial charge is 0.359 e. The van der Waals surface area contributed by atoms with Crippen LogP contribution in [0.3, 0.4) is 0 Å². The lowest BCUT2D eigenvalue weighted by Gasteiger charge is -2.17. The molecule has 0 saturated heterocycles. The summed E-state index contributed by atoms with van der Waals surface area (Å²) in [5.41, 5.74) is 6.94. The van der Waals surface area contributed by atoms with Crippen LogP contribution in [-0.4, -0.2) is 5.71 Å². The molecule has 2 heteroatoms. The fourth-order valence-corrected chi connectivity index (χ4v) is 2.95. The van der Waals surface area contributed by atoms with E-state index in [9.17, 15) is 0 Å². The molecule has 1 N–H and O–H groups in total. The Labute approximate surface area is 152 Å². The van der Waals surface area contributed by atoms with Crippen molar-refractivity contribution in [1.82, 2.24) is 0 Å². The van der Waals surface area contributed by atoms with Gasteiger partial charge in [0.15, 0.2) is 0 Å². The van der Waals surface area contributed by atoms with E-state index in [-0.39, 0.29) is 0 Å². The van der Waals surface area contributed by atoms with E-state index in [1.54, 1.807) is 0 Å². The van der Waals surface area contributed by atoms with Gasteiger partial charge in [-0.05, 0) is 55.0 Å². The molecule has 2 rings (SSSR count). The third-order valence-corrected chi connectivity index (χ3v) is 4.17. The lowest BCUT2D eigenvalue weighted by Crippen LogP contribution is -2.00. The van der Waals surface area contributed by atoms with Crippen LogP contribution < -0.4 is 5.32 Å². The van der Waals surface area contributed by atoms with Crippen molar-refractivity contribution in [2.75, 3.05) is 5.32 Å². The lowest BCUT2D eigenvalue weighted by molar-refractivity contribution is 0.834. The molecule has 0 heterocycles. The minimum atomic E-state index is 0.456. The average molecular weight is 335 g/mol. The highest BCUT2D eigenvalue weighted by molar-refractivity contribution is 5.96. The van der Waals surface area contributed by atoms with E-state index >= 15 is 0 Å². The van der Waals surface area contributed by atoms with Crippen molar-refractivity contribution in [1.29, 1.82) is 0 Å². The van der Waals surface area contributed by atoms with E-state index in [1.165, 1.54) is 11.1 Å². The molecular formula is C23H30N2. The van der Waals surface area contributed by atoms with Gasteiger partial charge in [0.2, 0.25) is 0 Å². The number of aliphatic imine (C=N–C) groups is 1. The Hall–Kier alpha value is -2.35. The summed E-state index contributed by atoms with van der Waals surface area (Å²) >= 11 is 0. The van der Waals surface area contributed by atoms with E-state index in [4.69, 9.17) is 4.99 Å². The maximum Gasteiger partial charge on any atom is 0.0701 e. The first kappa shape index (κ1) is 19.0. The molecule has 0 spiro atoms. The smallest absolute Gasteiger partial charge is 0.0701 e. The van der Waals surface area contributed by atoms with E-state index in [0.29, 0.717) is 11.8 Å². The number of anilines is 1. The minimum Gasteiger partial charge on any atom is -0.359 e. The normalized spacial score (nSPS) is 12.8. The van der Waals surface area contributed by atoms with Crippen molar-refractivity contribution < 1.29 is 0 Å². The molecule has 2 aromatic carbocycles. The number of para-hydroxylation sites is 2. The summed E-state index contributed by atoms with van der Waals surface area (Å²) in [6, 6.07) is 16.8. The molecule has 0 aromatic heterocycles. The Bertz CT molecular complexity index is 727. The Morgan fingerprint density at radius 2 is 1.40 bits per heavy atom. The van der Waals surface area contributed by atoms with Gasteiger partial charge in [-0.2, -0.15) is 0 Å². The number of nitrogens with zero attached hydrogens (tertiary/aromatic N) is 1. The molecule has 2 aromatic rings. The zero-order valence-electron chi connectivity index (χ0n) is 16.3. The molecule has 0 radical (unpaired) electrons. The van der Waals surface area contributed by atoms with Gasteiger partial charge in [-0.3, -0.25) is 4.99 Å². The monoisotopic (exact) mass is 334 g/mol. The fourth-order valence-electron chi connectivity index (χ4n) is 2.95. The molecule has 0 atom stereocenters. The van der Waals surface area contributed by atoms with Gasteiger partial charge in [0.1, 0.15) is 0 Å². The second kappa shape index (κ2) is 8.66. The highest BCUT2D eigenvalue weighted by Crippen LogP contribution is 2.34. The first-order valence-corrected chi connectivity index (χ1v) is 9.07. The summed E-state index contributed by atoms with van der Waals surface area (Å²) in [4.78, 5) is 4.98. The van der Waals surface area contributed by atoms with Crippen LogP contribution in [0.25, 0.3) is 0 Å². The highest BCUT2D eigenvalue weighted by Gasteiger charge is 2.13. The molecule has 0 bridgehead atoms. The van der Waals surface area contributed by atoms with Crippen LogP contribution in [0.15, 0.2) is 65.3 Å². The van der Waals surface area contributed by atoms with Gasteiger partial charge in [-0.15, -0.1) is 0 Å². The van der Waals surface area contributed by atoms with Gasteiger partial charge in [0.05, 0.1) is 5.69 Å². The molecule has 0 aliphatic carbocycles. The number of benzene rings is 2. The zero-order chi connectivity index (χ0) is 18.4. The molecule has 0 saturated carbocycles. The topological polar surface area (TPSA) is 24.4 Å². The highest BCUT2D eigenvalue weighted by atomic mass is 14.9. The van der Waals surface area contributed by atoms with Crippen LogP contribution in [0.5, 0.6) is 0 Å². The summed E-state index contributed by atoms with van der Waals surface area (Å²) in [6.45, 7) is 13.1. The third-order valence-electron chi connectivity index (χ3n) is 4.17. The van der Waals surface area contributed by atoms with Gasteiger partial charge >= 0.3 is 0 Å². The van der Waals surface area contributed by atoms with Crippen LogP contribution in [0.4, 0.5) is 11.4 Å². The van der Waals surface area contributed by atoms with Crippen molar-refractivity contribution in [3.63, 3.8) is 0 Å². The van der Waals surface area contributed by atoms with Crippen molar-refractivity contribution >= 4 is 17.1 Å². The molecule has 0 amide bonds. The van der Waals surface area contributed by atoms with Crippen LogP contribution >= 0.6 is 0 Å². The molecule has 25 heavy (non-hydrogen) atoms. The summed E-state index contributed by atoms with van der Waals surface area (Å²) in [7, 11) is 0. The van der Waals surface area contributed by atoms with Crippen LogP contribution in [0.2, 0.25) is 0 Å². The molecule has 0 fully saturated rings. The summed E-state index contributed by atoms with van der Waals surface area (Å²) in [5, 5.41) is 3.41. The quantitative estimate of drug-likeness (QED) is 0.563. The first-order chi connectivity index (χ1) is 11.9. The maximum absolute atomic E-state index is 4.98. The van der Waals surface area contributed by atoms with Crippen molar-refractivity contribution in [3.8, 4) is 0 Å². The van der Waals surface area contributed by atoms with Crippen molar-refractivity contribution in [3.05, 3.63) is 71.4 Å². The average Bonchev–Trinajstić information content (AvgIpc) is 2.55. The summed E-state index contributed by atoms with van der Waals surface area (Å²) < 4.78 is 0. The number of rotatable bonds is 6. The third kappa shape index (κ3) is 5.32. The van der Waals surface area contributed by atoms with Gasteiger partial charge in [0.25, 0.3) is 0 Å². The van der Waals surface area contributed by atoms with Crippen molar-refractivity contribution in [2.24, 2.45) is 4.99 Å². The lowest BCUT2D eigenvalue weighted by atomic mass is 9.93. The fraction of sp³-hybridized carbons (Fsp3) is 0.348. The first-order valence-electron chi connectivity index (χ1n) is 9.07. The standard InChI is InChI=1S/C23H30N2/c1-16(2)21-13-10-14-22(17(3)4)23(21)25-19(6)15-18(5)24-20-11-8-7-9-12-20/h7-17,24H,1-6H3. The van der Waals surface area contributed by atoms with Crippen molar-refractivity contribution in [2.45, 2.75) is 53.4 Å². The number of hydrogen-bond donors (Lipinski definition) is 1. The van der Waals surface area contributed by atoms with E-state index in [0.717, 1.165) is 22.8 Å². The van der Waals surface area contributed by atoms with Gasteiger partial charge in [-0.1, -0.05) is 64.1 Å². The summed E-state index contributed by atoms with van der Waals surface area (Å²) in [5.74, 6) is 0.913. The van der Waals surface area contributed by atoms with Crippen LogP contribution in [0, 0.1) is 0 Å². The predicted molar refractivity (Wildman–Crippen MR) is 111 cm³/mol. The van der Waals surface area contributed by atoms with Gasteiger partial charge in [-0.25, -0.2) is 0 Å². The van der Waals surface area contributed by atoms with Gasteiger partial charge < -0.3 is 5.32 Å². The second-order valence-corrected chi connectivity index (χ2v) is 7.17. The molecule has 0 unspecified atom stereocenters. The minimum absolute atomic E-state index is 0.456. The number of hydrogen-bond acceptors (Lipinski definition) is 2. The molecule has 132 valence electrons. The van der Waals surface area contributed by atoms with Gasteiger partial charge in [0, 0.05) is 17.1 Å². The predicted octanol–water partition coefficient (Wildman–Crippen LogP) is 7.04. The zero-order valence-corrected chi connectivity index (χ0v) is 16.3. The van der Waals surface area contributed by atoms with E-state index < -0.39 is 0 Å². The SMILES string of the molecule is CC(=CC(C)=Nc1c(C(C)C)cccc1C(C)C)Nc1ccccc1. The van der Waals surface area contributed by atoms with Crippen LogP contribution in [-0.2, 0) is 0 Å². The molecule has 0 aliphatic heterocycles.